The van der Waals surface area contributed by atoms with Crippen molar-refractivity contribution in [2.45, 2.75) is 11.8 Å². The first-order valence-electron chi connectivity index (χ1n) is 9.61. The highest BCUT2D eigenvalue weighted by atomic mass is 35.5. The number of piperazine rings is 1. The van der Waals surface area contributed by atoms with Crippen LogP contribution < -0.4 is 14.4 Å². The van der Waals surface area contributed by atoms with E-state index >= 15 is 0 Å². The zero-order valence-electron chi connectivity index (χ0n) is 17.1. The molecule has 9 heteroatoms. The Hall–Kier alpha value is -2.00. The summed E-state index contributed by atoms with van der Waals surface area (Å²) >= 11 is 7.57. The molecule has 0 unspecified atom stereocenters. The van der Waals surface area contributed by atoms with E-state index in [0.717, 1.165) is 47.2 Å². The number of hydrogen-bond donors (Lipinski definition) is 1. The first-order chi connectivity index (χ1) is 14.3. The monoisotopic (exact) mass is 465 g/mol. The second-order valence-corrected chi connectivity index (χ2v) is 10.7. The van der Waals surface area contributed by atoms with Gasteiger partial charge in [0.05, 0.1) is 18.5 Å². The highest BCUT2D eigenvalue weighted by Crippen LogP contribution is 2.38. The summed E-state index contributed by atoms with van der Waals surface area (Å²) in [5.74, 6) is 0.728. The molecule has 1 aromatic heterocycles. The van der Waals surface area contributed by atoms with Gasteiger partial charge in [-0.05, 0) is 50.4 Å². The molecule has 0 aliphatic carbocycles. The average Bonchev–Trinajstić information content (AvgIpc) is 3.04. The molecule has 0 radical (unpaired) electrons. The van der Waals surface area contributed by atoms with E-state index in [2.05, 4.69) is 21.6 Å². The lowest BCUT2D eigenvalue weighted by molar-refractivity contribution is 0.311. The Balaban J connectivity index is 1.70. The van der Waals surface area contributed by atoms with Crippen LogP contribution in [-0.4, -0.2) is 53.7 Å². The van der Waals surface area contributed by atoms with Gasteiger partial charge in [0.25, 0.3) is 10.0 Å². The SMILES string of the molecule is COc1ccc(NS(=O)(=O)c2c(C)sc3ccc(Cl)cc23)cc1N1CCN(C)CC1. The zero-order chi connectivity index (χ0) is 21.5. The molecule has 30 heavy (non-hydrogen) atoms. The van der Waals surface area contributed by atoms with E-state index in [9.17, 15) is 8.42 Å². The Morgan fingerprint density at radius 1 is 1.10 bits per heavy atom. The van der Waals surface area contributed by atoms with Gasteiger partial charge in [0.1, 0.15) is 10.6 Å². The summed E-state index contributed by atoms with van der Waals surface area (Å²) in [5.41, 5.74) is 1.39. The van der Waals surface area contributed by atoms with Crippen LogP contribution in [0.5, 0.6) is 5.75 Å². The molecule has 2 heterocycles. The van der Waals surface area contributed by atoms with Crippen LogP contribution in [0.25, 0.3) is 10.1 Å². The fourth-order valence-electron chi connectivity index (χ4n) is 3.76. The number of thiophene rings is 1. The number of aryl methyl sites for hydroxylation is 1. The Morgan fingerprint density at radius 2 is 1.83 bits per heavy atom. The number of halogens is 1. The van der Waals surface area contributed by atoms with E-state index in [1.807, 2.05) is 19.1 Å². The average molecular weight is 466 g/mol. The van der Waals surface area contributed by atoms with Gasteiger partial charge in [0.15, 0.2) is 0 Å². The fraction of sp³-hybridized carbons (Fsp3) is 0.333. The van der Waals surface area contributed by atoms with Crippen molar-refractivity contribution in [2.24, 2.45) is 0 Å². The minimum absolute atomic E-state index is 0.280. The number of hydrogen-bond acceptors (Lipinski definition) is 6. The molecule has 0 amide bonds. The lowest BCUT2D eigenvalue weighted by Gasteiger charge is -2.35. The predicted molar refractivity (Wildman–Crippen MR) is 125 cm³/mol. The third kappa shape index (κ3) is 4.09. The van der Waals surface area contributed by atoms with Crippen LogP contribution >= 0.6 is 22.9 Å². The number of methoxy groups -OCH3 is 1. The number of sulfonamides is 1. The minimum atomic E-state index is -3.79. The Labute approximate surface area is 186 Å². The van der Waals surface area contributed by atoms with Crippen molar-refractivity contribution in [1.82, 2.24) is 4.90 Å². The van der Waals surface area contributed by atoms with Gasteiger partial charge in [-0.1, -0.05) is 11.6 Å². The van der Waals surface area contributed by atoms with E-state index in [1.165, 1.54) is 11.3 Å². The van der Waals surface area contributed by atoms with Crippen molar-refractivity contribution in [1.29, 1.82) is 0 Å². The van der Waals surface area contributed by atoms with Crippen molar-refractivity contribution in [2.75, 3.05) is 50.0 Å². The predicted octanol–water partition coefficient (Wildman–Crippen LogP) is 4.42. The van der Waals surface area contributed by atoms with Crippen molar-refractivity contribution in [3.63, 3.8) is 0 Å². The lowest BCUT2D eigenvalue weighted by atomic mass is 10.2. The van der Waals surface area contributed by atoms with Crippen molar-refractivity contribution in [3.05, 3.63) is 46.3 Å². The zero-order valence-corrected chi connectivity index (χ0v) is 19.5. The quantitative estimate of drug-likeness (QED) is 0.604. The molecule has 1 saturated heterocycles. The number of nitrogens with zero attached hydrogens (tertiary/aromatic N) is 2. The Bertz CT molecular complexity index is 1190. The molecule has 0 bridgehead atoms. The molecular weight excluding hydrogens is 442 g/mol. The van der Waals surface area contributed by atoms with Crippen LogP contribution in [0.1, 0.15) is 4.88 Å². The molecule has 0 spiro atoms. The summed E-state index contributed by atoms with van der Waals surface area (Å²) in [6.45, 7) is 5.42. The number of ether oxygens (including phenoxy) is 1. The first-order valence-corrected chi connectivity index (χ1v) is 12.3. The van der Waals surface area contributed by atoms with E-state index < -0.39 is 10.0 Å². The smallest absolute Gasteiger partial charge is 0.263 e. The Kier molecular flexibility index (Phi) is 5.85. The van der Waals surface area contributed by atoms with E-state index in [0.29, 0.717) is 16.1 Å². The molecule has 6 nitrogen and oxygen atoms in total. The number of likely N-dealkylation sites (N-methyl/N-ethyl adjacent to an activating group) is 1. The van der Waals surface area contributed by atoms with Crippen LogP contribution in [0, 0.1) is 6.92 Å². The number of benzene rings is 2. The molecule has 1 aliphatic heterocycles. The normalized spacial score (nSPS) is 15.5. The maximum absolute atomic E-state index is 13.3. The van der Waals surface area contributed by atoms with Gasteiger partial charge >= 0.3 is 0 Å². The summed E-state index contributed by atoms with van der Waals surface area (Å²) < 4.78 is 35.8. The van der Waals surface area contributed by atoms with Crippen LogP contribution in [0.3, 0.4) is 0 Å². The topological polar surface area (TPSA) is 61.9 Å². The number of fused-ring (bicyclic) bond motifs is 1. The van der Waals surface area contributed by atoms with Gasteiger partial charge in [0.2, 0.25) is 0 Å². The van der Waals surface area contributed by atoms with E-state index in [1.54, 1.807) is 31.4 Å². The summed E-state index contributed by atoms with van der Waals surface area (Å²) in [6, 6.07) is 10.7. The fourth-order valence-corrected chi connectivity index (χ4v) is 6.76. The van der Waals surface area contributed by atoms with Gasteiger partial charge in [-0.25, -0.2) is 8.42 Å². The van der Waals surface area contributed by atoms with E-state index in [4.69, 9.17) is 16.3 Å². The van der Waals surface area contributed by atoms with Gasteiger partial charge in [-0.3, -0.25) is 4.72 Å². The molecule has 0 atom stereocenters. The van der Waals surface area contributed by atoms with Gasteiger partial charge < -0.3 is 14.5 Å². The molecule has 4 rings (SSSR count). The summed E-state index contributed by atoms with van der Waals surface area (Å²) in [7, 11) is -0.0612. The molecular formula is C21H24ClN3O3S2. The summed E-state index contributed by atoms with van der Waals surface area (Å²) in [5, 5.41) is 1.16. The van der Waals surface area contributed by atoms with Gasteiger partial charge in [0, 0.05) is 46.2 Å². The van der Waals surface area contributed by atoms with Gasteiger partial charge in [-0.15, -0.1) is 11.3 Å². The maximum atomic E-state index is 13.3. The molecule has 160 valence electrons. The number of rotatable bonds is 5. The van der Waals surface area contributed by atoms with Crippen molar-refractivity contribution < 1.29 is 13.2 Å². The minimum Gasteiger partial charge on any atom is -0.495 e. The Morgan fingerprint density at radius 3 is 2.53 bits per heavy atom. The third-order valence-electron chi connectivity index (χ3n) is 5.31. The molecule has 1 fully saturated rings. The van der Waals surface area contributed by atoms with Crippen LogP contribution in [-0.2, 0) is 10.0 Å². The molecule has 3 aromatic rings. The molecule has 2 aromatic carbocycles. The molecule has 1 N–H and O–H groups in total. The van der Waals surface area contributed by atoms with Crippen LogP contribution in [0.4, 0.5) is 11.4 Å². The molecule has 0 saturated carbocycles. The summed E-state index contributed by atoms with van der Waals surface area (Å²) in [6.07, 6.45) is 0. The first kappa shape index (κ1) is 21.2. The second kappa shape index (κ2) is 8.26. The third-order valence-corrected chi connectivity index (χ3v) is 8.33. The van der Waals surface area contributed by atoms with Crippen molar-refractivity contribution >= 4 is 54.4 Å². The largest absolute Gasteiger partial charge is 0.495 e. The number of nitrogens with one attached hydrogen (secondary N) is 1. The standard InChI is InChI=1S/C21H24ClN3O3S2/c1-14-21(17-12-15(22)4-7-20(17)29-14)30(26,27)23-16-5-6-19(28-3)18(13-16)25-10-8-24(2)9-11-25/h4-7,12-13,23H,8-11H2,1-3H3. The van der Waals surface area contributed by atoms with Crippen molar-refractivity contribution in [3.8, 4) is 5.75 Å². The maximum Gasteiger partial charge on any atom is 0.263 e. The number of anilines is 2. The van der Waals surface area contributed by atoms with Crippen LogP contribution in [0.2, 0.25) is 5.02 Å². The highest BCUT2D eigenvalue weighted by molar-refractivity contribution is 7.93. The summed E-state index contributed by atoms with van der Waals surface area (Å²) in [4.78, 5) is 5.50. The highest BCUT2D eigenvalue weighted by Gasteiger charge is 2.24. The van der Waals surface area contributed by atoms with E-state index in [-0.39, 0.29) is 4.90 Å². The van der Waals surface area contributed by atoms with Gasteiger partial charge in [-0.2, -0.15) is 0 Å². The van der Waals surface area contributed by atoms with Crippen LogP contribution in [0.15, 0.2) is 41.3 Å². The lowest BCUT2D eigenvalue weighted by Crippen LogP contribution is -2.44. The second-order valence-electron chi connectivity index (χ2n) is 7.41. The molecule has 1 aliphatic rings.